The maximum absolute atomic E-state index is 6.29. The second-order valence-electron chi connectivity index (χ2n) is 6.16. The van der Waals surface area contributed by atoms with Crippen LogP contribution in [0.25, 0.3) is 0 Å². The fourth-order valence-corrected chi connectivity index (χ4v) is 4.08. The number of likely N-dealkylation sites (N-methyl/N-ethyl adjacent to an activating group) is 1. The minimum atomic E-state index is 0.220. The number of hydrogen-bond acceptors (Lipinski definition) is 2. The number of rotatable bonds is 6. The van der Waals surface area contributed by atoms with Crippen molar-refractivity contribution in [1.29, 1.82) is 0 Å². The van der Waals surface area contributed by atoms with Crippen molar-refractivity contribution < 1.29 is 0 Å². The molecule has 0 saturated heterocycles. The summed E-state index contributed by atoms with van der Waals surface area (Å²) in [5.41, 5.74) is 7.92. The van der Waals surface area contributed by atoms with Crippen LogP contribution in [0.3, 0.4) is 0 Å². The Labute approximate surface area is 124 Å². The van der Waals surface area contributed by atoms with Crippen molar-refractivity contribution in [2.75, 3.05) is 13.1 Å². The zero-order valence-corrected chi connectivity index (χ0v) is 13.1. The summed E-state index contributed by atoms with van der Waals surface area (Å²) in [6.45, 7) is 7.53. The zero-order chi connectivity index (χ0) is 14.4. The van der Waals surface area contributed by atoms with Gasteiger partial charge in [0.1, 0.15) is 0 Å². The number of nitrogens with two attached hydrogens (primary N) is 1. The maximum atomic E-state index is 6.29. The largest absolute Gasteiger partial charge is 0.329 e. The van der Waals surface area contributed by atoms with Crippen molar-refractivity contribution in [3.63, 3.8) is 0 Å². The number of nitrogens with zero attached hydrogens (tertiary/aromatic N) is 1. The molecule has 1 aromatic carbocycles. The molecule has 0 radical (unpaired) electrons. The van der Waals surface area contributed by atoms with Gasteiger partial charge in [-0.1, -0.05) is 63.4 Å². The molecule has 0 bridgehead atoms. The third-order valence-corrected chi connectivity index (χ3v) is 5.25. The van der Waals surface area contributed by atoms with Crippen molar-refractivity contribution in [1.82, 2.24) is 4.90 Å². The first-order valence-electron chi connectivity index (χ1n) is 8.26. The monoisotopic (exact) mass is 274 g/mol. The third-order valence-electron chi connectivity index (χ3n) is 5.25. The molecule has 2 nitrogen and oxygen atoms in total. The van der Waals surface area contributed by atoms with Gasteiger partial charge in [0, 0.05) is 18.6 Å². The quantitative estimate of drug-likeness (QED) is 0.855. The van der Waals surface area contributed by atoms with E-state index < -0.39 is 0 Å². The first kappa shape index (κ1) is 15.5. The third kappa shape index (κ3) is 3.07. The average molecular weight is 274 g/mol. The predicted octanol–water partition coefficient (Wildman–Crippen LogP) is 3.81. The smallest absolute Gasteiger partial charge is 0.0363 e. The van der Waals surface area contributed by atoms with Gasteiger partial charge in [-0.2, -0.15) is 0 Å². The van der Waals surface area contributed by atoms with Crippen LogP contribution in [0.1, 0.15) is 51.5 Å². The highest BCUT2D eigenvalue weighted by Crippen LogP contribution is 2.40. The zero-order valence-electron chi connectivity index (χ0n) is 13.1. The predicted molar refractivity (Wildman–Crippen MR) is 86.6 cm³/mol. The van der Waals surface area contributed by atoms with Crippen LogP contribution >= 0.6 is 0 Å². The van der Waals surface area contributed by atoms with E-state index in [-0.39, 0.29) is 5.54 Å². The van der Waals surface area contributed by atoms with E-state index in [1.165, 1.54) is 37.7 Å². The standard InChI is InChI=1S/C18H30N2/c1-3-17-12-8-9-13-18(17,15-19)20(4-2)14-16-10-6-5-7-11-16/h5-7,10-11,17H,3-4,8-9,12-15,19H2,1-2H3. The maximum Gasteiger partial charge on any atom is 0.0363 e. The summed E-state index contributed by atoms with van der Waals surface area (Å²) in [5, 5.41) is 0. The van der Waals surface area contributed by atoms with Gasteiger partial charge < -0.3 is 5.73 Å². The van der Waals surface area contributed by atoms with Crippen molar-refractivity contribution in [2.24, 2.45) is 11.7 Å². The molecule has 1 fully saturated rings. The SMILES string of the molecule is CCC1CCCCC1(CN)N(CC)Cc1ccccc1. The van der Waals surface area contributed by atoms with Crippen LogP contribution < -0.4 is 5.73 Å². The second-order valence-corrected chi connectivity index (χ2v) is 6.16. The summed E-state index contributed by atoms with van der Waals surface area (Å²) in [6, 6.07) is 10.8. The first-order chi connectivity index (χ1) is 9.76. The Morgan fingerprint density at radius 3 is 2.55 bits per heavy atom. The lowest BCUT2D eigenvalue weighted by molar-refractivity contribution is 0.00140. The fraction of sp³-hybridized carbons (Fsp3) is 0.667. The van der Waals surface area contributed by atoms with Gasteiger partial charge in [0.15, 0.2) is 0 Å². The molecule has 0 aromatic heterocycles. The molecule has 0 aliphatic heterocycles. The molecule has 1 aromatic rings. The average Bonchev–Trinajstić information content (AvgIpc) is 2.53. The molecule has 1 aliphatic rings. The summed E-state index contributed by atoms with van der Waals surface area (Å²) >= 11 is 0. The van der Waals surface area contributed by atoms with Crippen LogP contribution in [0.15, 0.2) is 30.3 Å². The Kier molecular flexibility index (Phi) is 5.62. The normalized spacial score (nSPS) is 26.9. The first-order valence-corrected chi connectivity index (χ1v) is 8.26. The highest BCUT2D eigenvalue weighted by atomic mass is 15.2. The van der Waals surface area contributed by atoms with E-state index in [0.717, 1.165) is 25.6 Å². The topological polar surface area (TPSA) is 29.3 Å². The molecule has 20 heavy (non-hydrogen) atoms. The van der Waals surface area contributed by atoms with Crippen LogP contribution in [-0.2, 0) is 6.54 Å². The summed E-state index contributed by atoms with van der Waals surface area (Å²) in [4.78, 5) is 2.65. The van der Waals surface area contributed by atoms with Crippen molar-refractivity contribution in [2.45, 2.75) is 58.0 Å². The van der Waals surface area contributed by atoms with E-state index in [1.54, 1.807) is 0 Å². The summed E-state index contributed by atoms with van der Waals surface area (Å²) in [5.74, 6) is 0.755. The Bertz CT molecular complexity index is 390. The van der Waals surface area contributed by atoms with Crippen molar-refractivity contribution in [3.8, 4) is 0 Å². The Morgan fingerprint density at radius 1 is 1.20 bits per heavy atom. The molecule has 112 valence electrons. The molecular weight excluding hydrogens is 244 g/mol. The van der Waals surface area contributed by atoms with E-state index in [9.17, 15) is 0 Å². The molecule has 2 heteroatoms. The van der Waals surface area contributed by atoms with E-state index in [4.69, 9.17) is 5.73 Å². The number of benzene rings is 1. The molecule has 1 aliphatic carbocycles. The van der Waals surface area contributed by atoms with Gasteiger partial charge in [-0.15, -0.1) is 0 Å². The van der Waals surface area contributed by atoms with Crippen molar-refractivity contribution in [3.05, 3.63) is 35.9 Å². The molecule has 2 rings (SSSR count). The Morgan fingerprint density at radius 2 is 1.95 bits per heavy atom. The lowest BCUT2D eigenvalue weighted by Crippen LogP contribution is -2.59. The van der Waals surface area contributed by atoms with Gasteiger partial charge in [0.2, 0.25) is 0 Å². The van der Waals surface area contributed by atoms with E-state index in [1.807, 2.05) is 0 Å². The van der Waals surface area contributed by atoms with Crippen LogP contribution in [0.2, 0.25) is 0 Å². The van der Waals surface area contributed by atoms with Gasteiger partial charge in [0.25, 0.3) is 0 Å². The van der Waals surface area contributed by atoms with Crippen LogP contribution in [0.4, 0.5) is 0 Å². The van der Waals surface area contributed by atoms with E-state index in [2.05, 4.69) is 49.1 Å². The van der Waals surface area contributed by atoms with Crippen LogP contribution in [0, 0.1) is 5.92 Å². The summed E-state index contributed by atoms with van der Waals surface area (Å²) in [6.07, 6.45) is 6.58. The minimum absolute atomic E-state index is 0.220. The molecule has 2 N–H and O–H groups in total. The lowest BCUT2D eigenvalue weighted by Gasteiger charge is -2.51. The Hall–Kier alpha value is -0.860. The molecule has 0 amide bonds. The lowest BCUT2D eigenvalue weighted by atomic mass is 9.70. The van der Waals surface area contributed by atoms with Crippen molar-refractivity contribution >= 4 is 0 Å². The summed E-state index contributed by atoms with van der Waals surface area (Å²) < 4.78 is 0. The summed E-state index contributed by atoms with van der Waals surface area (Å²) in [7, 11) is 0. The van der Waals surface area contributed by atoms with Gasteiger partial charge in [-0.3, -0.25) is 4.90 Å². The van der Waals surface area contributed by atoms with Crippen LogP contribution in [-0.4, -0.2) is 23.5 Å². The van der Waals surface area contributed by atoms with E-state index >= 15 is 0 Å². The van der Waals surface area contributed by atoms with Gasteiger partial charge in [-0.25, -0.2) is 0 Å². The number of hydrogen-bond donors (Lipinski definition) is 1. The molecule has 1 saturated carbocycles. The van der Waals surface area contributed by atoms with Gasteiger partial charge in [-0.05, 0) is 30.9 Å². The van der Waals surface area contributed by atoms with Gasteiger partial charge >= 0.3 is 0 Å². The highest BCUT2D eigenvalue weighted by Gasteiger charge is 2.42. The fourth-order valence-electron chi connectivity index (χ4n) is 4.08. The second kappa shape index (κ2) is 7.24. The molecule has 2 unspecified atom stereocenters. The molecular formula is C18H30N2. The molecule has 2 atom stereocenters. The van der Waals surface area contributed by atoms with E-state index in [0.29, 0.717) is 0 Å². The Balaban J connectivity index is 2.21. The molecule has 0 spiro atoms. The molecule has 0 heterocycles. The minimum Gasteiger partial charge on any atom is -0.329 e. The highest BCUT2D eigenvalue weighted by molar-refractivity contribution is 5.15. The van der Waals surface area contributed by atoms with Crippen LogP contribution in [0.5, 0.6) is 0 Å². The van der Waals surface area contributed by atoms with Gasteiger partial charge in [0.05, 0.1) is 0 Å².